The minimum absolute atomic E-state index is 0.314. The van der Waals surface area contributed by atoms with Gasteiger partial charge in [0.2, 0.25) is 0 Å². The van der Waals surface area contributed by atoms with Crippen molar-refractivity contribution >= 4 is 23.8 Å². The van der Waals surface area contributed by atoms with Crippen molar-refractivity contribution in [3.05, 3.63) is 65.2 Å². The molecule has 0 aliphatic heterocycles. The van der Waals surface area contributed by atoms with Crippen LogP contribution >= 0.6 is 0 Å². The van der Waals surface area contributed by atoms with Gasteiger partial charge in [-0.1, -0.05) is 42.5 Å². The molecule has 0 aliphatic carbocycles. The minimum Gasteiger partial charge on any atom is -0.478 e. The third-order valence-corrected chi connectivity index (χ3v) is 3.06. The topological polar surface area (TPSA) is 40.5 Å². The molecule has 0 bridgehead atoms. The summed E-state index contributed by atoms with van der Waals surface area (Å²) < 4.78 is 0. The van der Waals surface area contributed by atoms with Crippen LogP contribution in [0.2, 0.25) is 0 Å². The van der Waals surface area contributed by atoms with E-state index in [2.05, 4.69) is 0 Å². The van der Waals surface area contributed by atoms with E-state index in [-0.39, 0.29) is 0 Å². The van der Waals surface area contributed by atoms with E-state index in [9.17, 15) is 4.79 Å². The summed E-state index contributed by atoms with van der Waals surface area (Å²) in [6.45, 7) is 0. The molecule has 2 rings (SSSR count). The van der Waals surface area contributed by atoms with Crippen LogP contribution in [-0.4, -0.2) is 25.2 Å². The average Bonchev–Trinajstić information content (AvgIpc) is 2.45. The third kappa shape index (κ3) is 3.26. The largest absolute Gasteiger partial charge is 0.478 e. The Kier molecular flexibility index (Phi) is 4.20. The molecule has 0 unspecified atom stereocenters. The number of carbonyl (C=O) groups is 1. The van der Waals surface area contributed by atoms with Crippen LogP contribution in [-0.2, 0) is 0 Å². The van der Waals surface area contributed by atoms with Gasteiger partial charge in [-0.15, -0.1) is 0 Å². The van der Waals surface area contributed by atoms with Gasteiger partial charge in [0.1, 0.15) is 0 Å². The fourth-order valence-corrected chi connectivity index (χ4v) is 1.91. The van der Waals surface area contributed by atoms with Crippen molar-refractivity contribution in [2.75, 3.05) is 19.0 Å². The highest BCUT2D eigenvalue weighted by Crippen LogP contribution is 2.16. The number of hydrogen-bond acceptors (Lipinski definition) is 2. The Hall–Kier alpha value is -2.55. The number of rotatable bonds is 4. The molecule has 2 aromatic rings. The van der Waals surface area contributed by atoms with Crippen LogP contribution in [0.4, 0.5) is 5.69 Å². The molecular formula is C17H17NO2. The molecule has 102 valence electrons. The van der Waals surface area contributed by atoms with Gasteiger partial charge < -0.3 is 10.0 Å². The predicted octanol–water partition coefficient (Wildman–Crippen LogP) is 3.62. The Labute approximate surface area is 118 Å². The zero-order valence-corrected chi connectivity index (χ0v) is 11.6. The maximum absolute atomic E-state index is 11.1. The molecule has 0 spiro atoms. The summed E-state index contributed by atoms with van der Waals surface area (Å²) in [5, 5.41) is 9.12. The Balaban J connectivity index is 2.23. The molecule has 0 heterocycles. The van der Waals surface area contributed by atoms with E-state index in [0.29, 0.717) is 11.1 Å². The fraction of sp³-hybridized carbons (Fsp3) is 0.118. The lowest BCUT2D eigenvalue weighted by Gasteiger charge is -2.11. The molecule has 0 saturated heterocycles. The summed E-state index contributed by atoms with van der Waals surface area (Å²) in [4.78, 5) is 13.1. The highest BCUT2D eigenvalue weighted by molar-refractivity contribution is 5.93. The van der Waals surface area contributed by atoms with Crippen LogP contribution in [0.15, 0.2) is 48.5 Å². The number of anilines is 1. The third-order valence-electron chi connectivity index (χ3n) is 3.06. The molecule has 0 aliphatic rings. The van der Waals surface area contributed by atoms with E-state index in [0.717, 1.165) is 11.3 Å². The van der Waals surface area contributed by atoms with E-state index >= 15 is 0 Å². The van der Waals surface area contributed by atoms with Gasteiger partial charge in [-0.2, -0.15) is 0 Å². The van der Waals surface area contributed by atoms with Crippen molar-refractivity contribution in [2.45, 2.75) is 0 Å². The van der Waals surface area contributed by atoms with Crippen LogP contribution < -0.4 is 4.90 Å². The van der Waals surface area contributed by atoms with Crippen molar-refractivity contribution < 1.29 is 9.90 Å². The number of hydrogen-bond donors (Lipinski definition) is 1. The van der Waals surface area contributed by atoms with E-state index in [1.807, 2.05) is 61.5 Å². The Bertz CT molecular complexity index is 628. The average molecular weight is 267 g/mol. The van der Waals surface area contributed by atoms with Gasteiger partial charge in [-0.25, -0.2) is 4.79 Å². The number of nitrogens with zero attached hydrogens (tertiary/aromatic N) is 1. The Morgan fingerprint density at radius 1 is 1.00 bits per heavy atom. The highest BCUT2D eigenvalue weighted by Gasteiger charge is 2.05. The van der Waals surface area contributed by atoms with Crippen LogP contribution in [0.25, 0.3) is 12.2 Å². The molecule has 0 fully saturated rings. The lowest BCUT2D eigenvalue weighted by atomic mass is 10.1. The minimum atomic E-state index is -0.909. The number of carboxylic acids is 1. The van der Waals surface area contributed by atoms with Crippen molar-refractivity contribution in [2.24, 2.45) is 0 Å². The summed E-state index contributed by atoms with van der Waals surface area (Å²) >= 11 is 0. The second kappa shape index (κ2) is 6.06. The maximum Gasteiger partial charge on any atom is 0.336 e. The summed E-state index contributed by atoms with van der Waals surface area (Å²) in [5.41, 5.74) is 3.19. The normalized spacial score (nSPS) is 10.7. The van der Waals surface area contributed by atoms with Gasteiger partial charge in [0.05, 0.1) is 5.56 Å². The summed E-state index contributed by atoms with van der Waals surface area (Å²) in [6, 6.07) is 15.1. The van der Waals surface area contributed by atoms with Gasteiger partial charge in [-0.3, -0.25) is 0 Å². The molecular weight excluding hydrogens is 250 g/mol. The van der Waals surface area contributed by atoms with Crippen LogP contribution in [0.5, 0.6) is 0 Å². The standard InChI is InChI=1S/C17H17NO2/c1-18(2)15-11-8-13(9-12-15)7-10-14-5-3-4-6-16(14)17(19)20/h3-12H,1-2H3,(H,19,20)/b10-7+. The second-order valence-electron chi connectivity index (χ2n) is 4.71. The Morgan fingerprint density at radius 3 is 2.25 bits per heavy atom. The van der Waals surface area contributed by atoms with Gasteiger partial charge in [0.25, 0.3) is 0 Å². The van der Waals surface area contributed by atoms with Gasteiger partial charge in [-0.05, 0) is 29.3 Å². The van der Waals surface area contributed by atoms with Crippen molar-refractivity contribution in [1.29, 1.82) is 0 Å². The Morgan fingerprint density at radius 2 is 1.65 bits per heavy atom. The summed E-state index contributed by atoms with van der Waals surface area (Å²) in [6.07, 6.45) is 3.75. The first-order valence-corrected chi connectivity index (χ1v) is 6.36. The quantitative estimate of drug-likeness (QED) is 0.860. The summed E-state index contributed by atoms with van der Waals surface area (Å²) in [7, 11) is 3.99. The van der Waals surface area contributed by atoms with E-state index in [4.69, 9.17) is 5.11 Å². The molecule has 0 saturated carbocycles. The zero-order valence-electron chi connectivity index (χ0n) is 11.6. The number of benzene rings is 2. The number of carboxylic acid groups (broad SMARTS) is 1. The van der Waals surface area contributed by atoms with E-state index in [1.54, 1.807) is 18.2 Å². The summed E-state index contributed by atoms with van der Waals surface area (Å²) in [5.74, 6) is -0.909. The molecule has 0 amide bonds. The smallest absolute Gasteiger partial charge is 0.336 e. The second-order valence-corrected chi connectivity index (χ2v) is 4.71. The van der Waals surface area contributed by atoms with E-state index in [1.165, 1.54) is 0 Å². The first kappa shape index (κ1) is 13.9. The fourth-order valence-electron chi connectivity index (χ4n) is 1.91. The van der Waals surface area contributed by atoms with Crippen molar-refractivity contribution in [3.8, 4) is 0 Å². The molecule has 1 N–H and O–H groups in total. The lowest BCUT2D eigenvalue weighted by Crippen LogP contribution is -2.07. The molecule has 0 aromatic heterocycles. The predicted molar refractivity (Wildman–Crippen MR) is 83.1 cm³/mol. The lowest BCUT2D eigenvalue weighted by molar-refractivity contribution is 0.0696. The van der Waals surface area contributed by atoms with Crippen LogP contribution in [0.1, 0.15) is 21.5 Å². The highest BCUT2D eigenvalue weighted by atomic mass is 16.4. The molecule has 0 atom stereocenters. The molecule has 3 heteroatoms. The first-order valence-electron chi connectivity index (χ1n) is 6.36. The van der Waals surface area contributed by atoms with Crippen LogP contribution in [0.3, 0.4) is 0 Å². The molecule has 20 heavy (non-hydrogen) atoms. The van der Waals surface area contributed by atoms with Gasteiger partial charge in [0, 0.05) is 19.8 Å². The first-order chi connectivity index (χ1) is 9.58. The van der Waals surface area contributed by atoms with E-state index < -0.39 is 5.97 Å². The maximum atomic E-state index is 11.1. The molecule has 0 radical (unpaired) electrons. The van der Waals surface area contributed by atoms with Gasteiger partial charge in [0.15, 0.2) is 0 Å². The monoisotopic (exact) mass is 267 g/mol. The zero-order chi connectivity index (χ0) is 14.5. The molecule has 3 nitrogen and oxygen atoms in total. The van der Waals surface area contributed by atoms with Crippen molar-refractivity contribution in [3.63, 3.8) is 0 Å². The van der Waals surface area contributed by atoms with Gasteiger partial charge >= 0.3 is 5.97 Å². The van der Waals surface area contributed by atoms with Crippen LogP contribution in [0, 0.1) is 0 Å². The molecule has 2 aromatic carbocycles. The number of aromatic carboxylic acids is 1. The SMILES string of the molecule is CN(C)c1ccc(/C=C/c2ccccc2C(=O)O)cc1. The van der Waals surface area contributed by atoms with Crippen molar-refractivity contribution in [1.82, 2.24) is 0 Å².